The fraction of sp³-hybridized carbons (Fsp3) is 0.360. The van der Waals surface area contributed by atoms with Gasteiger partial charge in [-0.05, 0) is 38.0 Å². The van der Waals surface area contributed by atoms with Crippen molar-refractivity contribution in [3.05, 3.63) is 78.4 Å². The highest BCUT2D eigenvalue weighted by Crippen LogP contribution is 2.43. The number of carbonyl (C=O) groups is 2. The Balaban J connectivity index is 2.26. The molecule has 2 aromatic rings. The van der Waals surface area contributed by atoms with E-state index in [1.807, 2.05) is 0 Å². The predicted octanol–water partition coefficient (Wildman–Crippen LogP) is 4.18. The largest absolute Gasteiger partial charge is 0.465 e. The van der Waals surface area contributed by atoms with Gasteiger partial charge in [0, 0.05) is 12.7 Å². The van der Waals surface area contributed by atoms with Crippen molar-refractivity contribution in [2.45, 2.75) is 49.1 Å². The molecule has 0 radical (unpaired) electrons. The van der Waals surface area contributed by atoms with Gasteiger partial charge in [0.1, 0.15) is 12.1 Å². The number of sulfonamides is 1. The molecule has 0 aliphatic rings. The van der Waals surface area contributed by atoms with Crippen LogP contribution in [0.3, 0.4) is 0 Å². The van der Waals surface area contributed by atoms with Crippen LogP contribution in [-0.2, 0) is 39.4 Å². The fourth-order valence-corrected chi connectivity index (χ4v) is 4.67. The van der Waals surface area contributed by atoms with Crippen LogP contribution in [0.1, 0.15) is 37.5 Å². The number of rotatable bonds is 12. The highest BCUT2D eigenvalue weighted by atomic mass is 32.2. The fourth-order valence-electron chi connectivity index (χ4n) is 3.47. The van der Waals surface area contributed by atoms with E-state index in [9.17, 15) is 31.2 Å². The molecule has 2 aromatic carbocycles. The molecule has 1 N–H and O–H groups in total. The van der Waals surface area contributed by atoms with Crippen LogP contribution in [-0.4, -0.2) is 46.3 Å². The normalized spacial score (nSPS) is 15.2. The lowest BCUT2D eigenvalue weighted by Crippen LogP contribution is -2.51. The van der Waals surface area contributed by atoms with Crippen molar-refractivity contribution in [1.82, 2.24) is 4.72 Å². The summed E-state index contributed by atoms with van der Waals surface area (Å²) in [5, 5.41) is 0. The zero-order chi connectivity index (χ0) is 27.9. The van der Waals surface area contributed by atoms with Crippen molar-refractivity contribution in [3.8, 4) is 0 Å². The lowest BCUT2D eigenvalue weighted by molar-refractivity contribution is -0.278. The standard InChI is InChI=1S/C25H28F3NO7S/c1-5-10-21(22(30)35-6-2)29-37(32,33)20-15-13-18(14-16-20)17(3)36-23(31)24(34-4,25(26,27)28)19-11-8-7-9-12-19/h5,7-9,11-17,21,29H,1,6,10H2,2-4H3/t17-,21-,24+/m0/s1. The topological polar surface area (TPSA) is 108 Å². The number of hydrogen-bond acceptors (Lipinski definition) is 7. The van der Waals surface area contributed by atoms with Crippen LogP contribution >= 0.6 is 0 Å². The summed E-state index contributed by atoms with van der Waals surface area (Å²) >= 11 is 0. The highest BCUT2D eigenvalue weighted by molar-refractivity contribution is 7.89. The van der Waals surface area contributed by atoms with Crippen LogP contribution in [0.2, 0.25) is 0 Å². The Morgan fingerprint density at radius 1 is 1.08 bits per heavy atom. The van der Waals surface area contributed by atoms with E-state index in [0.29, 0.717) is 0 Å². The van der Waals surface area contributed by atoms with Gasteiger partial charge >= 0.3 is 18.1 Å². The van der Waals surface area contributed by atoms with E-state index in [0.717, 1.165) is 19.2 Å². The van der Waals surface area contributed by atoms with Gasteiger partial charge in [0.25, 0.3) is 5.60 Å². The van der Waals surface area contributed by atoms with Gasteiger partial charge in [-0.2, -0.15) is 17.9 Å². The maximum absolute atomic E-state index is 14.1. The lowest BCUT2D eigenvalue weighted by atomic mass is 9.92. The minimum Gasteiger partial charge on any atom is -0.465 e. The van der Waals surface area contributed by atoms with Crippen molar-refractivity contribution < 1.29 is 45.4 Å². The van der Waals surface area contributed by atoms with E-state index in [1.54, 1.807) is 6.92 Å². The molecule has 202 valence electrons. The molecule has 0 amide bonds. The third-order valence-electron chi connectivity index (χ3n) is 5.39. The first kappa shape index (κ1) is 30.0. The third-order valence-corrected chi connectivity index (χ3v) is 6.88. The maximum Gasteiger partial charge on any atom is 0.432 e. The van der Waals surface area contributed by atoms with Gasteiger partial charge in [0.05, 0.1) is 11.5 Å². The Hall–Kier alpha value is -3.22. The zero-order valence-electron chi connectivity index (χ0n) is 20.4. The van der Waals surface area contributed by atoms with Gasteiger partial charge in [-0.1, -0.05) is 48.5 Å². The average Bonchev–Trinajstić information content (AvgIpc) is 2.84. The summed E-state index contributed by atoms with van der Waals surface area (Å²) < 4.78 is 84.7. The molecule has 0 fully saturated rings. The van der Waals surface area contributed by atoms with Crippen molar-refractivity contribution >= 4 is 22.0 Å². The molecule has 2 rings (SSSR count). The first-order valence-corrected chi connectivity index (χ1v) is 12.6. The number of benzene rings is 2. The second-order valence-electron chi connectivity index (χ2n) is 7.82. The first-order chi connectivity index (χ1) is 17.3. The molecule has 0 spiro atoms. The quantitative estimate of drug-likeness (QED) is 0.316. The number of carbonyl (C=O) groups excluding carboxylic acids is 2. The van der Waals surface area contributed by atoms with E-state index in [4.69, 9.17) is 14.2 Å². The molecular formula is C25H28F3NO7S. The summed E-state index contributed by atoms with van der Waals surface area (Å²) in [6, 6.07) is 10.1. The Kier molecular flexibility index (Phi) is 10.0. The molecule has 0 saturated carbocycles. The lowest BCUT2D eigenvalue weighted by Gasteiger charge is -2.33. The third kappa shape index (κ3) is 6.76. The van der Waals surface area contributed by atoms with E-state index >= 15 is 0 Å². The number of nitrogens with one attached hydrogen (secondary N) is 1. The van der Waals surface area contributed by atoms with E-state index in [1.165, 1.54) is 55.5 Å². The Bertz CT molecular complexity index is 1190. The maximum atomic E-state index is 14.1. The summed E-state index contributed by atoms with van der Waals surface area (Å²) in [6.45, 7) is 6.47. The van der Waals surface area contributed by atoms with Gasteiger partial charge in [-0.15, -0.1) is 6.58 Å². The molecule has 37 heavy (non-hydrogen) atoms. The highest BCUT2D eigenvalue weighted by Gasteiger charge is 2.64. The molecule has 0 aliphatic carbocycles. The molecule has 8 nitrogen and oxygen atoms in total. The molecule has 0 aromatic heterocycles. The second kappa shape index (κ2) is 12.3. The minimum atomic E-state index is -5.13. The average molecular weight is 544 g/mol. The minimum absolute atomic E-state index is 0.00893. The summed E-state index contributed by atoms with van der Waals surface area (Å²) in [7, 11) is -3.41. The van der Waals surface area contributed by atoms with Crippen molar-refractivity contribution in [1.29, 1.82) is 0 Å². The second-order valence-corrected chi connectivity index (χ2v) is 9.53. The molecular weight excluding hydrogens is 515 g/mol. The first-order valence-electron chi connectivity index (χ1n) is 11.1. The summed E-state index contributed by atoms with van der Waals surface area (Å²) in [5.41, 5.74) is -3.59. The zero-order valence-corrected chi connectivity index (χ0v) is 21.3. The van der Waals surface area contributed by atoms with E-state index < -0.39 is 51.4 Å². The van der Waals surface area contributed by atoms with Gasteiger partial charge in [-0.3, -0.25) is 4.79 Å². The van der Waals surface area contributed by atoms with E-state index in [2.05, 4.69) is 11.3 Å². The van der Waals surface area contributed by atoms with Crippen LogP contribution < -0.4 is 4.72 Å². The Morgan fingerprint density at radius 3 is 2.16 bits per heavy atom. The molecule has 12 heteroatoms. The molecule has 0 heterocycles. The van der Waals surface area contributed by atoms with Gasteiger partial charge in [0.15, 0.2) is 0 Å². The SMILES string of the molecule is C=CC[C@H](NS(=O)(=O)c1ccc([C@H](C)OC(=O)[C@](OC)(c2ccccc2)C(F)(F)F)cc1)C(=O)OCC. The van der Waals surface area contributed by atoms with Gasteiger partial charge in [0.2, 0.25) is 10.0 Å². The summed E-state index contributed by atoms with van der Waals surface area (Å²) in [4.78, 5) is 24.6. The van der Waals surface area contributed by atoms with Crippen LogP contribution in [0.4, 0.5) is 13.2 Å². The number of halogens is 3. The number of hydrogen-bond donors (Lipinski definition) is 1. The van der Waals surface area contributed by atoms with Crippen LogP contribution in [0.25, 0.3) is 0 Å². The van der Waals surface area contributed by atoms with E-state index in [-0.39, 0.29) is 23.5 Å². The number of ether oxygens (including phenoxy) is 3. The van der Waals surface area contributed by atoms with Crippen molar-refractivity contribution in [2.24, 2.45) is 0 Å². The predicted molar refractivity (Wildman–Crippen MR) is 128 cm³/mol. The summed E-state index contributed by atoms with van der Waals surface area (Å²) in [6.07, 6.45) is -4.97. The monoisotopic (exact) mass is 543 g/mol. The van der Waals surface area contributed by atoms with Crippen LogP contribution in [0, 0.1) is 0 Å². The van der Waals surface area contributed by atoms with Crippen molar-refractivity contribution in [3.63, 3.8) is 0 Å². The molecule has 0 unspecified atom stereocenters. The van der Waals surface area contributed by atoms with Crippen LogP contribution in [0.5, 0.6) is 0 Å². The molecule has 3 atom stereocenters. The number of esters is 2. The number of alkyl halides is 3. The number of methoxy groups -OCH3 is 1. The van der Waals surface area contributed by atoms with Crippen molar-refractivity contribution in [2.75, 3.05) is 13.7 Å². The van der Waals surface area contributed by atoms with Gasteiger partial charge in [-0.25, -0.2) is 13.2 Å². The van der Waals surface area contributed by atoms with Crippen LogP contribution in [0.15, 0.2) is 72.1 Å². The molecule has 0 aliphatic heterocycles. The Labute approximate surface area is 213 Å². The molecule has 0 bridgehead atoms. The smallest absolute Gasteiger partial charge is 0.432 e. The summed E-state index contributed by atoms with van der Waals surface area (Å²) in [5.74, 6) is -2.45. The molecule has 0 saturated heterocycles. The Morgan fingerprint density at radius 2 is 1.68 bits per heavy atom. The van der Waals surface area contributed by atoms with Gasteiger partial charge < -0.3 is 14.2 Å².